The Morgan fingerprint density at radius 1 is 1.15 bits per heavy atom. The van der Waals surface area contributed by atoms with E-state index in [0.717, 1.165) is 12.8 Å². The number of aromatic nitrogens is 2. The number of benzene rings is 1. The van der Waals surface area contributed by atoms with Gasteiger partial charge in [-0.1, -0.05) is 12.1 Å². The van der Waals surface area contributed by atoms with Crippen LogP contribution in [0.25, 0.3) is 0 Å². The summed E-state index contributed by atoms with van der Waals surface area (Å²) in [6, 6.07) is 7.13. The molecule has 0 radical (unpaired) electrons. The van der Waals surface area contributed by atoms with Gasteiger partial charge in [0, 0.05) is 6.42 Å². The van der Waals surface area contributed by atoms with Gasteiger partial charge in [0.2, 0.25) is 0 Å². The molecule has 0 aliphatic carbocycles. The van der Waals surface area contributed by atoms with Crippen LogP contribution < -0.4 is 9.47 Å². The first-order chi connectivity index (χ1) is 9.81. The molecule has 0 aliphatic rings. The minimum Gasteiger partial charge on any atom is -0.491 e. The molecular weight excluding hydrogens is 260 g/mol. The SMILES string of the molecule is CCCc1noc(COc2ccc(OCCO)cc2)n1. The number of hydrogen-bond donors (Lipinski definition) is 1. The molecule has 108 valence electrons. The van der Waals surface area contributed by atoms with E-state index < -0.39 is 0 Å². The highest BCUT2D eigenvalue weighted by molar-refractivity contribution is 5.31. The van der Waals surface area contributed by atoms with Crippen LogP contribution in [-0.4, -0.2) is 28.5 Å². The summed E-state index contributed by atoms with van der Waals surface area (Å²) in [5, 5.41) is 12.5. The zero-order valence-corrected chi connectivity index (χ0v) is 11.4. The molecule has 0 aliphatic heterocycles. The van der Waals surface area contributed by atoms with Crippen molar-refractivity contribution in [3.05, 3.63) is 36.0 Å². The van der Waals surface area contributed by atoms with Gasteiger partial charge in [-0.25, -0.2) is 0 Å². The summed E-state index contributed by atoms with van der Waals surface area (Å²) in [7, 11) is 0. The van der Waals surface area contributed by atoms with E-state index in [-0.39, 0.29) is 19.8 Å². The van der Waals surface area contributed by atoms with Crippen molar-refractivity contribution in [2.45, 2.75) is 26.4 Å². The van der Waals surface area contributed by atoms with Gasteiger partial charge in [0.15, 0.2) is 12.4 Å². The van der Waals surface area contributed by atoms with E-state index in [1.165, 1.54) is 0 Å². The number of hydrogen-bond acceptors (Lipinski definition) is 6. The fourth-order valence-electron chi connectivity index (χ4n) is 1.61. The Kier molecular flexibility index (Phi) is 5.37. The van der Waals surface area contributed by atoms with Crippen molar-refractivity contribution in [1.29, 1.82) is 0 Å². The highest BCUT2D eigenvalue weighted by Crippen LogP contribution is 2.18. The Bertz CT molecular complexity index is 510. The zero-order valence-electron chi connectivity index (χ0n) is 11.4. The molecule has 20 heavy (non-hydrogen) atoms. The third-order valence-electron chi connectivity index (χ3n) is 2.53. The molecule has 0 atom stereocenters. The van der Waals surface area contributed by atoms with Crippen molar-refractivity contribution < 1.29 is 19.1 Å². The predicted molar refractivity (Wildman–Crippen MR) is 71.6 cm³/mol. The molecule has 0 saturated heterocycles. The maximum atomic E-state index is 8.66. The monoisotopic (exact) mass is 278 g/mol. The topological polar surface area (TPSA) is 77.6 Å². The molecule has 0 fully saturated rings. The smallest absolute Gasteiger partial charge is 0.264 e. The average molecular weight is 278 g/mol. The number of nitrogens with zero attached hydrogens (tertiary/aromatic N) is 2. The maximum absolute atomic E-state index is 8.66. The molecule has 0 saturated carbocycles. The molecule has 1 heterocycles. The van der Waals surface area contributed by atoms with Gasteiger partial charge in [0.1, 0.15) is 18.1 Å². The Balaban J connectivity index is 1.83. The molecule has 6 heteroatoms. The number of rotatable bonds is 8. The molecule has 0 amide bonds. The van der Waals surface area contributed by atoms with Crippen LogP contribution in [0.4, 0.5) is 0 Å². The van der Waals surface area contributed by atoms with E-state index in [0.29, 0.717) is 23.2 Å². The van der Waals surface area contributed by atoms with Crippen LogP contribution >= 0.6 is 0 Å². The van der Waals surface area contributed by atoms with Crippen LogP contribution in [0.3, 0.4) is 0 Å². The largest absolute Gasteiger partial charge is 0.491 e. The predicted octanol–water partition coefficient (Wildman–Crippen LogP) is 1.97. The van der Waals surface area contributed by atoms with E-state index in [4.69, 9.17) is 19.1 Å². The molecule has 1 aromatic carbocycles. The quantitative estimate of drug-likeness (QED) is 0.795. The second-order valence-corrected chi connectivity index (χ2v) is 4.19. The minimum absolute atomic E-state index is 0.00446. The van der Waals surface area contributed by atoms with Crippen LogP contribution in [0.1, 0.15) is 25.1 Å². The highest BCUT2D eigenvalue weighted by Gasteiger charge is 2.06. The third-order valence-corrected chi connectivity index (χ3v) is 2.53. The normalized spacial score (nSPS) is 10.5. The lowest BCUT2D eigenvalue weighted by Crippen LogP contribution is -2.01. The summed E-state index contributed by atoms with van der Waals surface area (Å²) < 4.78 is 15.9. The van der Waals surface area contributed by atoms with E-state index in [9.17, 15) is 0 Å². The first-order valence-corrected chi connectivity index (χ1v) is 6.59. The standard InChI is InChI=1S/C14H18N2O4/c1-2-3-13-15-14(20-16-13)10-19-12-6-4-11(5-7-12)18-9-8-17/h4-7,17H,2-3,8-10H2,1H3. The molecule has 2 aromatic rings. The van der Waals surface area contributed by atoms with Gasteiger partial charge in [0.05, 0.1) is 6.61 Å². The van der Waals surface area contributed by atoms with Gasteiger partial charge in [-0.3, -0.25) is 0 Å². The first kappa shape index (κ1) is 14.3. The van der Waals surface area contributed by atoms with Crippen LogP contribution in [0, 0.1) is 0 Å². The fraction of sp³-hybridized carbons (Fsp3) is 0.429. The zero-order chi connectivity index (χ0) is 14.2. The van der Waals surface area contributed by atoms with Crippen LogP contribution in [-0.2, 0) is 13.0 Å². The lowest BCUT2D eigenvalue weighted by molar-refractivity contribution is 0.201. The summed E-state index contributed by atoms with van der Waals surface area (Å²) in [5.74, 6) is 2.55. The van der Waals surface area contributed by atoms with Crippen molar-refractivity contribution in [3.8, 4) is 11.5 Å². The van der Waals surface area contributed by atoms with Gasteiger partial charge < -0.3 is 19.1 Å². The van der Waals surface area contributed by atoms with Gasteiger partial charge in [-0.05, 0) is 30.7 Å². The molecule has 6 nitrogen and oxygen atoms in total. The van der Waals surface area contributed by atoms with Gasteiger partial charge >= 0.3 is 0 Å². The maximum Gasteiger partial charge on any atom is 0.264 e. The Morgan fingerprint density at radius 2 is 1.85 bits per heavy atom. The highest BCUT2D eigenvalue weighted by atomic mass is 16.5. The molecule has 0 bridgehead atoms. The Hall–Kier alpha value is -2.08. The molecule has 1 N–H and O–H groups in total. The fourth-order valence-corrected chi connectivity index (χ4v) is 1.61. The average Bonchev–Trinajstić information content (AvgIpc) is 2.92. The second-order valence-electron chi connectivity index (χ2n) is 4.19. The van der Waals surface area contributed by atoms with Crippen molar-refractivity contribution in [2.75, 3.05) is 13.2 Å². The molecule has 0 unspecified atom stereocenters. The first-order valence-electron chi connectivity index (χ1n) is 6.59. The minimum atomic E-state index is -0.00446. The Morgan fingerprint density at radius 3 is 2.50 bits per heavy atom. The van der Waals surface area contributed by atoms with Crippen molar-refractivity contribution in [3.63, 3.8) is 0 Å². The summed E-state index contributed by atoms with van der Waals surface area (Å²) >= 11 is 0. The van der Waals surface area contributed by atoms with Gasteiger partial charge in [-0.15, -0.1) is 0 Å². The van der Waals surface area contributed by atoms with E-state index in [1.54, 1.807) is 24.3 Å². The van der Waals surface area contributed by atoms with E-state index in [2.05, 4.69) is 17.1 Å². The Labute approximate surface area is 117 Å². The summed E-state index contributed by atoms with van der Waals surface area (Å²) in [4.78, 5) is 4.22. The number of aliphatic hydroxyl groups excluding tert-OH is 1. The number of ether oxygens (including phenoxy) is 2. The summed E-state index contributed by atoms with van der Waals surface area (Å²) in [6.45, 7) is 2.58. The van der Waals surface area contributed by atoms with Gasteiger partial charge in [-0.2, -0.15) is 4.98 Å². The number of aryl methyl sites for hydroxylation is 1. The second kappa shape index (κ2) is 7.49. The molecule has 1 aromatic heterocycles. The van der Waals surface area contributed by atoms with Crippen molar-refractivity contribution in [1.82, 2.24) is 10.1 Å². The van der Waals surface area contributed by atoms with E-state index >= 15 is 0 Å². The van der Waals surface area contributed by atoms with Crippen LogP contribution in [0.5, 0.6) is 11.5 Å². The van der Waals surface area contributed by atoms with Crippen LogP contribution in [0.2, 0.25) is 0 Å². The molecular formula is C14H18N2O4. The lowest BCUT2D eigenvalue weighted by atomic mass is 10.3. The summed E-state index contributed by atoms with van der Waals surface area (Å²) in [6.07, 6.45) is 1.79. The third kappa shape index (κ3) is 4.24. The van der Waals surface area contributed by atoms with Crippen LogP contribution in [0.15, 0.2) is 28.8 Å². The van der Waals surface area contributed by atoms with Crippen molar-refractivity contribution >= 4 is 0 Å². The number of aliphatic hydroxyl groups is 1. The lowest BCUT2D eigenvalue weighted by Gasteiger charge is -2.06. The molecule has 2 rings (SSSR count). The van der Waals surface area contributed by atoms with Crippen molar-refractivity contribution in [2.24, 2.45) is 0 Å². The van der Waals surface area contributed by atoms with E-state index in [1.807, 2.05) is 0 Å². The van der Waals surface area contributed by atoms with Gasteiger partial charge in [0.25, 0.3) is 5.89 Å². The summed E-state index contributed by atoms with van der Waals surface area (Å²) in [5.41, 5.74) is 0. The molecule has 0 spiro atoms.